The molecule has 1 atom stereocenters. The second-order valence-electron chi connectivity index (χ2n) is 4.43. The van der Waals surface area contributed by atoms with Gasteiger partial charge >= 0.3 is 0 Å². The van der Waals surface area contributed by atoms with Crippen molar-refractivity contribution in [1.29, 1.82) is 0 Å². The lowest BCUT2D eigenvalue weighted by molar-refractivity contribution is 0.235. The van der Waals surface area contributed by atoms with Crippen molar-refractivity contribution in [2.75, 3.05) is 19.6 Å². The summed E-state index contributed by atoms with van der Waals surface area (Å²) in [4.78, 5) is 2.44. The van der Waals surface area contributed by atoms with Crippen LogP contribution in [0.3, 0.4) is 0 Å². The summed E-state index contributed by atoms with van der Waals surface area (Å²) >= 11 is 0. The van der Waals surface area contributed by atoms with Crippen LogP contribution in [-0.2, 0) is 0 Å². The van der Waals surface area contributed by atoms with Gasteiger partial charge in [-0.25, -0.2) is 0 Å². The molecule has 16 heavy (non-hydrogen) atoms. The van der Waals surface area contributed by atoms with E-state index < -0.39 is 0 Å². The van der Waals surface area contributed by atoms with Gasteiger partial charge in [0.1, 0.15) is 0 Å². The van der Waals surface area contributed by atoms with E-state index in [-0.39, 0.29) is 0 Å². The molecule has 2 nitrogen and oxygen atoms in total. The molecule has 0 spiro atoms. The molecule has 2 heteroatoms. The Hall–Kier alpha value is -1.12. The average molecular weight is 216 g/mol. The fraction of sp³-hybridized carbons (Fsp3) is 0.429. The zero-order valence-corrected chi connectivity index (χ0v) is 9.89. The highest BCUT2D eigenvalue weighted by molar-refractivity contribution is 5.66. The van der Waals surface area contributed by atoms with Gasteiger partial charge in [0.15, 0.2) is 0 Å². The minimum absolute atomic E-state index is 0.494. The van der Waals surface area contributed by atoms with Crippen LogP contribution in [0.15, 0.2) is 36.4 Å². The van der Waals surface area contributed by atoms with Gasteiger partial charge in [0.2, 0.25) is 0 Å². The monoisotopic (exact) mass is 216 g/mol. The lowest BCUT2D eigenvalue weighted by Gasteiger charge is -2.31. The third-order valence-corrected chi connectivity index (χ3v) is 3.35. The Labute approximate surface area is 97.8 Å². The van der Waals surface area contributed by atoms with E-state index in [9.17, 15) is 0 Å². The molecule has 0 bridgehead atoms. The van der Waals surface area contributed by atoms with E-state index >= 15 is 0 Å². The Morgan fingerprint density at radius 3 is 2.62 bits per heavy atom. The SMILES string of the molecule is CC(CN)N1CC=C(c2ccccc2)CC1. The van der Waals surface area contributed by atoms with Crippen LogP contribution in [0.25, 0.3) is 5.57 Å². The Morgan fingerprint density at radius 1 is 1.31 bits per heavy atom. The van der Waals surface area contributed by atoms with Gasteiger partial charge in [-0.15, -0.1) is 0 Å². The maximum Gasteiger partial charge on any atom is 0.0193 e. The van der Waals surface area contributed by atoms with E-state index in [0.717, 1.165) is 26.1 Å². The predicted molar refractivity (Wildman–Crippen MR) is 69.1 cm³/mol. The molecule has 1 aromatic rings. The predicted octanol–water partition coefficient (Wildman–Crippen LogP) is 2.12. The molecule has 0 aliphatic carbocycles. The summed E-state index contributed by atoms with van der Waals surface area (Å²) < 4.78 is 0. The van der Waals surface area contributed by atoms with Crippen molar-refractivity contribution in [3.8, 4) is 0 Å². The average Bonchev–Trinajstić information content (AvgIpc) is 2.39. The maximum absolute atomic E-state index is 5.69. The first-order valence-electron chi connectivity index (χ1n) is 6.00. The zero-order valence-electron chi connectivity index (χ0n) is 9.89. The van der Waals surface area contributed by atoms with Crippen molar-refractivity contribution >= 4 is 5.57 Å². The first-order valence-corrected chi connectivity index (χ1v) is 6.00. The number of benzene rings is 1. The van der Waals surface area contributed by atoms with Gasteiger partial charge in [0.25, 0.3) is 0 Å². The standard InChI is InChI=1S/C14H20N2/c1-12(11-15)16-9-7-14(8-10-16)13-5-3-2-4-6-13/h2-7,12H,8-11,15H2,1H3. The molecular weight excluding hydrogens is 196 g/mol. The summed E-state index contributed by atoms with van der Waals surface area (Å²) in [6, 6.07) is 11.1. The molecule has 0 fully saturated rings. The molecule has 0 amide bonds. The number of nitrogens with zero attached hydrogens (tertiary/aromatic N) is 1. The molecule has 2 N–H and O–H groups in total. The number of rotatable bonds is 3. The van der Waals surface area contributed by atoms with Crippen molar-refractivity contribution in [2.45, 2.75) is 19.4 Å². The van der Waals surface area contributed by atoms with Crippen molar-refractivity contribution in [3.63, 3.8) is 0 Å². The normalized spacial score (nSPS) is 19.2. The summed E-state index contributed by atoms with van der Waals surface area (Å²) in [6.07, 6.45) is 3.47. The highest BCUT2D eigenvalue weighted by Crippen LogP contribution is 2.22. The van der Waals surface area contributed by atoms with Crippen LogP contribution < -0.4 is 5.73 Å². The maximum atomic E-state index is 5.69. The van der Waals surface area contributed by atoms with Gasteiger partial charge in [-0.05, 0) is 24.5 Å². The first kappa shape index (κ1) is 11.4. The van der Waals surface area contributed by atoms with Crippen LogP contribution >= 0.6 is 0 Å². The highest BCUT2D eigenvalue weighted by atomic mass is 15.2. The number of hydrogen-bond donors (Lipinski definition) is 1. The Morgan fingerprint density at radius 2 is 2.06 bits per heavy atom. The van der Waals surface area contributed by atoms with E-state index in [1.165, 1.54) is 11.1 Å². The molecule has 0 saturated carbocycles. The fourth-order valence-electron chi connectivity index (χ4n) is 2.15. The summed E-state index contributed by atoms with van der Waals surface area (Å²) in [5, 5.41) is 0. The molecule has 1 aromatic carbocycles. The summed E-state index contributed by atoms with van der Waals surface area (Å²) in [5.74, 6) is 0. The van der Waals surface area contributed by atoms with E-state index in [0.29, 0.717) is 6.04 Å². The second kappa shape index (κ2) is 5.28. The molecule has 86 valence electrons. The minimum Gasteiger partial charge on any atom is -0.329 e. The molecule has 0 radical (unpaired) electrons. The Bertz CT molecular complexity index is 356. The quantitative estimate of drug-likeness (QED) is 0.838. The molecular formula is C14H20N2. The molecule has 0 aromatic heterocycles. The summed E-state index contributed by atoms with van der Waals surface area (Å²) in [5.41, 5.74) is 8.52. The molecule has 1 aliphatic rings. The van der Waals surface area contributed by atoms with Crippen LogP contribution in [0.4, 0.5) is 0 Å². The first-order chi connectivity index (χ1) is 7.81. The third-order valence-electron chi connectivity index (χ3n) is 3.35. The molecule has 2 rings (SSSR count). The van der Waals surface area contributed by atoms with E-state index in [1.807, 2.05) is 0 Å². The van der Waals surface area contributed by atoms with Crippen LogP contribution in [0.1, 0.15) is 18.9 Å². The molecule has 1 unspecified atom stereocenters. The van der Waals surface area contributed by atoms with Crippen molar-refractivity contribution in [1.82, 2.24) is 4.90 Å². The fourth-order valence-corrected chi connectivity index (χ4v) is 2.15. The Balaban J connectivity index is 2.04. The van der Waals surface area contributed by atoms with Gasteiger partial charge in [0, 0.05) is 25.7 Å². The van der Waals surface area contributed by atoms with E-state index in [2.05, 4.69) is 48.2 Å². The van der Waals surface area contributed by atoms with E-state index in [4.69, 9.17) is 5.73 Å². The van der Waals surface area contributed by atoms with Gasteiger partial charge in [0.05, 0.1) is 0 Å². The molecule has 1 heterocycles. The van der Waals surface area contributed by atoms with E-state index in [1.54, 1.807) is 0 Å². The zero-order chi connectivity index (χ0) is 11.4. The number of hydrogen-bond acceptors (Lipinski definition) is 2. The lowest BCUT2D eigenvalue weighted by Crippen LogP contribution is -2.40. The van der Waals surface area contributed by atoms with Crippen molar-refractivity contribution < 1.29 is 0 Å². The largest absolute Gasteiger partial charge is 0.329 e. The molecule has 0 saturated heterocycles. The van der Waals surface area contributed by atoms with Crippen LogP contribution in [0.5, 0.6) is 0 Å². The van der Waals surface area contributed by atoms with Crippen molar-refractivity contribution in [3.05, 3.63) is 42.0 Å². The summed E-state index contributed by atoms with van der Waals surface area (Å²) in [6.45, 7) is 5.09. The smallest absolute Gasteiger partial charge is 0.0193 e. The third kappa shape index (κ3) is 2.52. The summed E-state index contributed by atoms with van der Waals surface area (Å²) in [7, 11) is 0. The highest BCUT2D eigenvalue weighted by Gasteiger charge is 2.16. The topological polar surface area (TPSA) is 29.3 Å². The minimum atomic E-state index is 0.494. The van der Waals surface area contributed by atoms with Gasteiger partial charge in [-0.1, -0.05) is 36.4 Å². The second-order valence-corrected chi connectivity index (χ2v) is 4.43. The van der Waals surface area contributed by atoms with Crippen LogP contribution in [0, 0.1) is 0 Å². The number of nitrogens with two attached hydrogens (primary N) is 1. The van der Waals surface area contributed by atoms with Crippen LogP contribution in [-0.4, -0.2) is 30.6 Å². The van der Waals surface area contributed by atoms with Gasteiger partial charge < -0.3 is 5.73 Å². The Kier molecular flexibility index (Phi) is 3.75. The van der Waals surface area contributed by atoms with Crippen LogP contribution in [0.2, 0.25) is 0 Å². The van der Waals surface area contributed by atoms with Crippen molar-refractivity contribution in [2.24, 2.45) is 5.73 Å². The van der Waals surface area contributed by atoms with Gasteiger partial charge in [-0.2, -0.15) is 0 Å². The molecule has 1 aliphatic heterocycles. The lowest BCUT2D eigenvalue weighted by atomic mass is 9.99. The van der Waals surface area contributed by atoms with Gasteiger partial charge in [-0.3, -0.25) is 4.90 Å².